The Labute approximate surface area is 85.8 Å². The van der Waals surface area contributed by atoms with Crippen LogP contribution in [0.3, 0.4) is 0 Å². The summed E-state index contributed by atoms with van der Waals surface area (Å²) in [6.07, 6.45) is 0.962. The van der Waals surface area contributed by atoms with E-state index in [1.807, 2.05) is 18.2 Å². The molecule has 0 saturated carbocycles. The van der Waals surface area contributed by atoms with Crippen LogP contribution in [0.25, 0.3) is 5.57 Å². The second kappa shape index (κ2) is 5.26. The summed E-state index contributed by atoms with van der Waals surface area (Å²) >= 11 is 5.64. The zero-order chi connectivity index (χ0) is 9.68. The van der Waals surface area contributed by atoms with Crippen molar-refractivity contribution in [3.63, 3.8) is 0 Å². The average Bonchev–Trinajstić information content (AvgIpc) is 2.18. The highest BCUT2D eigenvalue weighted by molar-refractivity contribution is 7.69. The minimum absolute atomic E-state index is 0.207. The highest BCUT2D eigenvalue weighted by Gasteiger charge is 2.02. The zero-order valence-electron chi connectivity index (χ0n) is 7.60. The molecule has 13 heavy (non-hydrogen) atoms. The molecular weight excluding hydrogens is 201 g/mol. The monoisotopic (exact) mass is 213 g/mol. The molecule has 70 valence electrons. The van der Waals surface area contributed by atoms with Gasteiger partial charge in [-0.1, -0.05) is 42.9 Å². The second-order valence-electron chi connectivity index (χ2n) is 2.72. The van der Waals surface area contributed by atoms with Crippen molar-refractivity contribution in [1.29, 1.82) is 0 Å². The van der Waals surface area contributed by atoms with Crippen molar-refractivity contribution >= 4 is 30.6 Å². The Bertz CT molecular complexity index is 299. The molecule has 1 nitrogen and oxygen atoms in total. The molecule has 0 aliphatic rings. The van der Waals surface area contributed by atoms with Gasteiger partial charge in [-0.2, -0.15) is 0 Å². The first-order chi connectivity index (χ1) is 6.29. The topological polar surface area (TPSA) is 12.0 Å². The van der Waals surface area contributed by atoms with Crippen molar-refractivity contribution in [2.75, 3.05) is 5.09 Å². The lowest BCUT2D eigenvalue weighted by molar-refractivity contribution is 1.25. The predicted molar refractivity (Wildman–Crippen MR) is 63.6 cm³/mol. The van der Waals surface area contributed by atoms with Gasteiger partial charge < -0.3 is 5.09 Å². The number of para-hydroxylation sites is 1. The molecule has 0 aromatic heterocycles. The minimum atomic E-state index is 0.207. The van der Waals surface area contributed by atoms with Gasteiger partial charge in [0.2, 0.25) is 0 Å². The lowest BCUT2D eigenvalue weighted by Gasteiger charge is -2.10. The second-order valence-corrected chi connectivity index (χ2v) is 3.73. The number of halogens is 1. The fraction of sp³-hybridized carbons (Fsp3) is 0.200. The maximum absolute atomic E-state index is 5.64. The average molecular weight is 214 g/mol. The Morgan fingerprint density at radius 1 is 1.54 bits per heavy atom. The van der Waals surface area contributed by atoms with Crippen LogP contribution in [0.15, 0.2) is 30.8 Å². The molecule has 0 bridgehead atoms. The molecule has 1 atom stereocenters. The Morgan fingerprint density at radius 3 is 2.85 bits per heavy atom. The van der Waals surface area contributed by atoms with Crippen LogP contribution in [0, 0.1) is 0 Å². The van der Waals surface area contributed by atoms with Crippen molar-refractivity contribution in [2.24, 2.45) is 0 Å². The van der Waals surface area contributed by atoms with Gasteiger partial charge in [-0.25, -0.2) is 0 Å². The van der Waals surface area contributed by atoms with E-state index in [0.717, 1.165) is 23.2 Å². The summed E-state index contributed by atoms with van der Waals surface area (Å²) < 4.78 is 0. The number of anilines is 1. The molecular formula is C10H13ClNP. The van der Waals surface area contributed by atoms with Gasteiger partial charge in [-0.3, -0.25) is 0 Å². The standard InChI is InChI=1S/C10H13ClNP/c1-3-8(2)9-6-4-5-7-10(9)12-13-11/h4-7,12-13H,2-3H2,1H3. The van der Waals surface area contributed by atoms with Gasteiger partial charge in [-0.05, 0) is 18.1 Å². The Hall–Kier alpha value is -0.520. The van der Waals surface area contributed by atoms with E-state index in [1.54, 1.807) is 0 Å². The highest BCUT2D eigenvalue weighted by atomic mass is 35.7. The molecule has 1 unspecified atom stereocenters. The van der Waals surface area contributed by atoms with Gasteiger partial charge in [0.1, 0.15) is 0 Å². The number of hydrogen-bond donors (Lipinski definition) is 1. The molecule has 3 heteroatoms. The van der Waals surface area contributed by atoms with E-state index in [0.29, 0.717) is 0 Å². The van der Waals surface area contributed by atoms with Crippen LogP contribution in [0.1, 0.15) is 18.9 Å². The van der Waals surface area contributed by atoms with Crippen LogP contribution in [-0.2, 0) is 0 Å². The van der Waals surface area contributed by atoms with E-state index >= 15 is 0 Å². The normalized spacial score (nSPS) is 10.6. The lowest BCUT2D eigenvalue weighted by atomic mass is 10.0. The molecule has 0 amide bonds. The van der Waals surface area contributed by atoms with E-state index in [1.165, 1.54) is 0 Å². The lowest BCUT2D eigenvalue weighted by Crippen LogP contribution is -1.89. The van der Waals surface area contributed by atoms with Crippen molar-refractivity contribution in [3.8, 4) is 0 Å². The zero-order valence-corrected chi connectivity index (χ0v) is 9.36. The SMILES string of the molecule is C=C(CC)c1ccccc1NPCl. The fourth-order valence-electron chi connectivity index (χ4n) is 1.14. The highest BCUT2D eigenvalue weighted by Crippen LogP contribution is 2.29. The predicted octanol–water partition coefficient (Wildman–Crippen LogP) is 4.27. The van der Waals surface area contributed by atoms with Crippen molar-refractivity contribution in [1.82, 2.24) is 0 Å². The van der Waals surface area contributed by atoms with E-state index in [-0.39, 0.29) is 8.08 Å². The van der Waals surface area contributed by atoms with Gasteiger partial charge >= 0.3 is 0 Å². The van der Waals surface area contributed by atoms with E-state index in [4.69, 9.17) is 11.2 Å². The van der Waals surface area contributed by atoms with E-state index < -0.39 is 0 Å². The van der Waals surface area contributed by atoms with Crippen LogP contribution in [0.5, 0.6) is 0 Å². The Kier molecular flexibility index (Phi) is 4.27. The number of benzene rings is 1. The van der Waals surface area contributed by atoms with Crippen molar-refractivity contribution < 1.29 is 0 Å². The third-order valence-electron chi connectivity index (χ3n) is 1.92. The smallest absolute Gasteiger partial charge is 0.0717 e. The minimum Gasteiger partial charge on any atom is -0.354 e. The summed E-state index contributed by atoms with van der Waals surface area (Å²) in [6, 6.07) is 8.08. The fourth-order valence-corrected chi connectivity index (χ4v) is 1.77. The van der Waals surface area contributed by atoms with Crippen LogP contribution >= 0.6 is 19.3 Å². The molecule has 0 spiro atoms. The van der Waals surface area contributed by atoms with Gasteiger partial charge in [-0.15, -0.1) is 0 Å². The molecule has 1 aromatic carbocycles. The van der Waals surface area contributed by atoms with Crippen LogP contribution in [0.2, 0.25) is 0 Å². The maximum atomic E-state index is 5.64. The molecule has 1 aromatic rings. The number of hydrogen-bond acceptors (Lipinski definition) is 1. The summed E-state index contributed by atoms with van der Waals surface area (Å²) in [5.74, 6) is 0. The molecule has 0 saturated heterocycles. The first-order valence-electron chi connectivity index (χ1n) is 4.18. The van der Waals surface area contributed by atoms with E-state index in [9.17, 15) is 0 Å². The first-order valence-corrected chi connectivity index (χ1v) is 6.19. The van der Waals surface area contributed by atoms with E-state index in [2.05, 4.69) is 24.7 Å². The summed E-state index contributed by atoms with van der Waals surface area (Å²) in [5.41, 5.74) is 3.37. The Morgan fingerprint density at radius 2 is 2.23 bits per heavy atom. The maximum Gasteiger partial charge on any atom is 0.0717 e. The van der Waals surface area contributed by atoms with Crippen LogP contribution in [0.4, 0.5) is 5.69 Å². The molecule has 0 aliphatic carbocycles. The summed E-state index contributed by atoms with van der Waals surface area (Å²) in [5, 5.41) is 3.12. The van der Waals surface area contributed by atoms with Crippen LogP contribution < -0.4 is 5.09 Å². The third-order valence-corrected chi connectivity index (χ3v) is 2.56. The largest absolute Gasteiger partial charge is 0.354 e. The molecule has 0 fully saturated rings. The first kappa shape index (κ1) is 10.6. The Balaban J connectivity index is 2.97. The third kappa shape index (κ3) is 2.72. The van der Waals surface area contributed by atoms with Crippen molar-refractivity contribution in [3.05, 3.63) is 36.4 Å². The molecule has 0 heterocycles. The molecule has 0 radical (unpaired) electrons. The summed E-state index contributed by atoms with van der Waals surface area (Å²) in [6.45, 7) is 6.11. The van der Waals surface area contributed by atoms with Gasteiger partial charge in [0.15, 0.2) is 0 Å². The molecule has 0 aliphatic heterocycles. The number of rotatable bonds is 4. The van der Waals surface area contributed by atoms with Gasteiger partial charge in [0, 0.05) is 11.3 Å². The number of nitrogens with one attached hydrogen (secondary N) is 1. The summed E-state index contributed by atoms with van der Waals surface area (Å²) in [4.78, 5) is 0. The summed E-state index contributed by atoms with van der Waals surface area (Å²) in [7, 11) is 0.207. The van der Waals surface area contributed by atoms with Gasteiger partial charge in [0.25, 0.3) is 0 Å². The molecule has 1 rings (SSSR count). The molecule has 1 N–H and O–H groups in total. The van der Waals surface area contributed by atoms with Gasteiger partial charge in [0.05, 0.1) is 8.08 Å². The van der Waals surface area contributed by atoms with Crippen molar-refractivity contribution in [2.45, 2.75) is 13.3 Å². The van der Waals surface area contributed by atoms with Crippen LogP contribution in [-0.4, -0.2) is 0 Å². The quantitative estimate of drug-likeness (QED) is 0.737. The number of allylic oxidation sites excluding steroid dienone is 1.